The highest BCUT2D eigenvalue weighted by atomic mass is 16.5. The van der Waals surface area contributed by atoms with Crippen molar-refractivity contribution in [3.8, 4) is 5.75 Å². The van der Waals surface area contributed by atoms with Gasteiger partial charge in [0, 0.05) is 12.5 Å². The lowest BCUT2D eigenvalue weighted by Gasteiger charge is -2.08. The zero-order chi connectivity index (χ0) is 9.26. The maximum absolute atomic E-state index is 9.14. The molecule has 70 valence electrons. The molecule has 0 saturated carbocycles. The van der Waals surface area contributed by atoms with Crippen LogP contribution in [0.2, 0.25) is 0 Å². The van der Waals surface area contributed by atoms with Crippen LogP contribution in [0.3, 0.4) is 0 Å². The average molecular weight is 178 g/mol. The molecule has 0 radical (unpaired) electrons. The van der Waals surface area contributed by atoms with Gasteiger partial charge in [0.1, 0.15) is 5.75 Å². The Hall–Kier alpha value is -1.02. The van der Waals surface area contributed by atoms with Crippen LogP contribution < -0.4 is 4.74 Å². The van der Waals surface area contributed by atoms with E-state index in [4.69, 9.17) is 9.84 Å². The van der Waals surface area contributed by atoms with Gasteiger partial charge in [-0.3, -0.25) is 0 Å². The minimum absolute atomic E-state index is 0.250. The number of aryl methyl sites for hydroxylation is 1. The number of benzene rings is 1. The Morgan fingerprint density at radius 1 is 1.54 bits per heavy atom. The van der Waals surface area contributed by atoms with Crippen LogP contribution in [0.25, 0.3) is 0 Å². The molecular weight excluding hydrogens is 164 g/mol. The van der Waals surface area contributed by atoms with Crippen LogP contribution in [0.5, 0.6) is 5.75 Å². The van der Waals surface area contributed by atoms with Crippen molar-refractivity contribution < 1.29 is 9.84 Å². The Balaban J connectivity index is 2.37. The Morgan fingerprint density at radius 2 is 2.38 bits per heavy atom. The molecule has 1 aromatic rings. The smallest absolute Gasteiger partial charge is 0.119 e. The van der Waals surface area contributed by atoms with Gasteiger partial charge in [-0.1, -0.05) is 6.07 Å². The van der Waals surface area contributed by atoms with E-state index in [0.29, 0.717) is 5.92 Å². The Labute approximate surface area is 78.2 Å². The van der Waals surface area contributed by atoms with Crippen molar-refractivity contribution in [1.29, 1.82) is 0 Å². The molecule has 2 nitrogen and oxygen atoms in total. The second-order valence-corrected chi connectivity index (χ2v) is 3.48. The maximum Gasteiger partial charge on any atom is 0.119 e. The van der Waals surface area contributed by atoms with E-state index in [1.807, 2.05) is 12.1 Å². The lowest BCUT2D eigenvalue weighted by atomic mass is 10.0. The largest absolute Gasteiger partial charge is 0.497 e. The summed E-state index contributed by atoms with van der Waals surface area (Å²) in [5.74, 6) is 1.21. The molecule has 0 fully saturated rings. The van der Waals surface area contributed by atoms with Gasteiger partial charge in [0.15, 0.2) is 0 Å². The number of aliphatic hydroxyl groups excluding tert-OH is 1. The molecule has 2 heteroatoms. The fraction of sp³-hybridized carbons (Fsp3) is 0.455. The molecule has 0 spiro atoms. The Bertz CT molecular complexity index is 307. The van der Waals surface area contributed by atoms with Crippen molar-refractivity contribution in [2.45, 2.75) is 18.8 Å². The van der Waals surface area contributed by atoms with E-state index in [1.54, 1.807) is 7.11 Å². The first-order valence-electron chi connectivity index (χ1n) is 4.63. The second-order valence-electron chi connectivity index (χ2n) is 3.48. The molecule has 1 aliphatic rings. The summed E-state index contributed by atoms with van der Waals surface area (Å²) in [7, 11) is 1.67. The molecule has 0 bridgehead atoms. The number of methoxy groups -OCH3 is 1. The maximum atomic E-state index is 9.14. The predicted octanol–water partition coefficient (Wildman–Crippen LogP) is 1.72. The van der Waals surface area contributed by atoms with Gasteiger partial charge >= 0.3 is 0 Å². The van der Waals surface area contributed by atoms with Crippen molar-refractivity contribution in [3.63, 3.8) is 0 Å². The molecule has 0 aliphatic heterocycles. The summed E-state index contributed by atoms with van der Waals surface area (Å²) in [5.41, 5.74) is 2.63. The molecule has 1 aromatic carbocycles. The highest BCUT2D eigenvalue weighted by molar-refractivity contribution is 5.41. The van der Waals surface area contributed by atoms with Gasteiger partial charge in [0.05, 0.1) is 7.11 Å². The van der Waals surface area contributed by atoms with Gasteiger partial charge in [-0.2, -0.15) is 0 Å². The minimum Gasteiger partial charge on any atom is -0.497 e. The van der Waals surface area contributed by atoms with E-state index in [1.165, 1.54) is 11.1 Å². The molecule has 0 amide bonds. The Kier molecular flexibility index (Phi) is 2.23. The van der Waals surface area contributed by atoms with Gasteiger partial charge in [-0.15, -0.1) is 0 Å². The monoisotopic (exact) mass is 178 g/mol. The number of hydrogen-bond acceptors (Lipinski definition) is 2. The van der Waals surface area contributed by atoms with Crippen LogP contribution in [0.1, 0.15) is 23.5 Å². The van der Waals surface area contributed by atoms with E-state index in [-0.39, 0.29) is 6.61 Å². The third kappa shape index (κ3) is 1.42. The molecule has 0 aromatic heterocycles. The molecule has 0 saturated heterocycles. The van der Waals surface area contributed by atoms with Gasteiger partial charge in [0.2, 0.25) is 0 Å². The summed E-state index contributed by atoms with van der Waals surface area (Å²) < 4.78 is 5.15. The van der Waals surface area contributed by atoms with Gasteiger partial charge < -0.3 is 9.84 Å². The van der Waals surface area contributed by atoms with Crippen LogP contribution in [0, 0.1) is 0 Å². The quantitative estimate of drug-likeness (QED) is 0.747. The minimum atomic E-state index is 0.250. The zero-order valence-corrected chi connectivity index (χ0v) is 7.79. The third-order valence-corrected chi connectivity index (χ3v) is 2.78. The fourth-order valence-corrected chi connectivity index (χ4v) is 1.98. The summed E-state index contributed by atoms with van der Waals surface area (Å²) >= 11 is 0. The first-order chi connectivity index (χ1) is 6.35. The number of fused-ring (bicyclic) bond motifs is 1. The van der Waals surface area contributed by atoms with E-state index < -0.39 is 0 Å². The predicted molar refractivity (Wildman–Crippen MR) is 51.1 cm³/mol. The molecular formula is C11H14O2. The van der Waals surface area contributed by atoms with Crippen molar-refractivity contribution in [3.05, 3.63) is 29.3 Å². The fourth-order valence-electron chi connectivity index (χ4n) is 1.98. The summed E-state index contributed by atoms with van der Waals surface area (Å²) in [5, 5.41) is 9.14. The standard InChI is InChI=1S/C11H14O2/c1-13-10-5-4-8-2-3-9(7-12)11(8)6-10/h4-6,9,12H,2-3,7H2,1H3/t9-/m0/s1. The highest BCUT2D eigenvalue weighted by Crippen LogP contribution is 2.34. The van der Waals surface area contributed by atoms with Gasteiger partial charge in [-0.05, 0) is 36.1 Å². The lowest BCUT2D eigenvalue weighted by molar-refractivity contribution is 0.265. The number of hydrogen-bond donors (Lipinski definition) is 1. The topological polar surface area (TPSA) is 29.5 Å². The first-order valence-corrected chi connectivity index (χ1v) is 4.63. The highest BCUT2D eigenvalue weighted by Gasteiger charge is 2.21. The van der Waals surface area contributed by atoms with Crippen molar-refractivity contribution >= 4 is 0 Å². The van der Waals surface area contributed by atoms with Crippen molar-refractivity contribution in [2.24, 2.45) is 0 Å². The first kappa shape index (κ1) is 8.57. The molecule has 1 N–H and O–H groups in total. The summed E-state index contributed by atoms with van der Waals surface area (Å²) in [6, 6.07) is 6.13. The molecule has 2 rings (SSSR count). The number of rotatable bonds is 2. The molecule has 13 heavy (non-hydrogen) atoms. The SMILES string of the molecule is COc1ccc2c(c1)[C@H](CO)CC2. The third-order valence-electron chi connectivity index (χ3n) is 2.78. The van der Waals surface area contributed by atoms with E-state index >= 15 is 0 Å². The van der Waals surface area contributed by atoms with E-state index in [9.17, 15) is 0 Å². The van der Waals surface area contributed by atoms with Crippen LogP contribution in [-0.2, 0) is 6.42 Å². The van der Waals surface area contributed by atoms with Crippen LogP contribution in [-0.4, -0.2) is 18.8 Å². The van der Waals surface area contributed by atoms with Crippen molar-refractivity contribution in [1.82, 2.24) is 0 Å². The molecule has 1 atom stereocenters. The van der Waals surface area contributed by atoms with Crippen LogP contribution in [0.4, 0.5) is 0 Å². The van der Waals surface area contributed by atoms with Gasteiger partial charge in [-0.25, -0.2) is 0 Å². The van der Waals surface area contributed by atoms with E-state index in [2.05, 4.69) is 6.07 Å². The Morgan fingerprint density at radius 3 is 3.08 bits per heavy atom. The second kappa shape index (κ2) is 3.38. The molecule has 1 aliphatic carbocycles. The molecule has 0 heterocycles. The number of ether oxygens (including phenoxy) is 1. The van der Waals surface area contributed by atoms with Crippen LogP contribution in [0.15, 0.2) is 18.2 Å². The van der Waals surface area contributed by atoms with Crippen LogP contribution >= 0.6 is 0 Å². The van der Waals surface area contributed by atoms with Gasteiger partial charge in [0.25, 0.3) is 0 Å². The lowest BCUT2D eigenvalue weighted by Crippen LogP contribution is -1.98. The summed E-state index contributed by atoms with van der Waals surface area (Å²) in [4.78, 5) is 0. The zero-order valence-electron chi connectivity index (χ0n) is 7.79. The average Bonchev–Trinajstić information content (AvgIpc) is 2.59. The normalized spacial score (nSPS) is 20.0. The van der Waals surface area contributed by atoms with Crippen molar-refractivity contribution in [2.75, 3.05) is 13.7 Å². The summed E-state index contributed by atoms with van der Waals surface area (Å²) in [6.07, 6.45) is 2.16. The number of aliphatic hydroxyl groups is 1. The molecule has 0 unspecified atom stereocenters. The van der Waals surface area contributed by atoms with E-state index in [0.717, 1.165) is 18.6 Å². The summed E-state index contributed by atoms with van der Waals surface area (Å²) in [6.45, 7) is 0.250.